The summed E-state index contributed by atoms with van der Waals surface area (Å²) in [5.41, 5.74) is 0.582. The smallest absolute Gasteiger partial charge is 0.261 e. The van der Waals surface area contributed by atoms with Crippen LogP contribution in [0.2, 0.25) is 0 Å². The molecule has 4 aliphatic rings. The Morgan fingerprint density at radius 1 is 0.828 bits per heavy atom. The molecule has 5 nitrogen and oxygen atoms in total. The van der Waals surface area contributed by atoms with Gasteiger partial charge in [-0.25, -0.2) is 8.42 Å². The van der Waals surface area contributed by atoms with Gasteiger partial charge in [-0.3, -0.25) is 9.52 Å². The van der Waals surface area contributed by atoms with E-state index in [2.05, 4.69) is 10.0 Å². The highest BCUT2D eigenvalue weighted by molar-refractivity contribution is 7.92. The van der Waals surface area contributed by atoms with Gasteiger partial charge in [0.1, 0.15) is 0 Å². The van der Waals surface area contributed by atoms with Crippen LogP contribution in [0.25, 0.3) is 0 Å². The summed E-state index contributed by atoms with van der Waals surface area (Å²) >= 11 is 0. The van der Waals surface area contributed by atoms with Crippen molar-refractivity contribution in [2.75, 3.05) is 4.72 Å². The molecule has 1 amide bonds. The van der Waals surface area contributed by atoms with Crippen LogP contribution in [0.15, 0.2) is 59.5 Å². The highest BCUT2D eigenvalue weighted by atomic mass is 32.2. The number of hydrogen-bond donors (Lipinski definition) is 2. The van der Waals surface area contributed by atoms with Gasteiger partial charge in [0.05, 0.1) is 16.1 Å². The molecule has 4 fully saturated rings. The second-order valence-electron chi connectivity index (χ2n) is 9.12. The van der Waals surface area contributed by atoms with E-state index in [-0.39, 0.29) is 16.3 Å². The van der Waals surface area contributed by atoms with Crippen LogP contribution in [-0.4, -0.2) is 19.9 Å². The molecule has 6 heteroatoms. The molecule has 0 radical (unpaired) electrons. The van der Waals surface area contributed by atoms with Crippen LogP contribution in [0.3, 0.4) is 0 Å². The third kappa shape index (κ3) is 3.54. The minimum absolute atomic E-state index is 0.114. The van der Waals surface area contributed by atoms with Gasteiger partial charge in [-0.15, -0.1) is 0 Å². The molecule has 0 saturated heterocycles. The first-order valence-corrected chi connectivity index (χ1v) is 11.9. The first-order chi connectivity index (χ1) is 13.9. The summed E-state index contributed by atoms with van der Waals surface area (Å²) in [6, 6.07) is 15.1. The first kappa shape index (κ1) is 18.7. The van der Waals surface area contributed by atoms with Gasteiger partial charge in [0.25, 0.3) is 15.9 Å². The predicted molar refractivity (Wildman–Crippen MR) is 112 cm³/mol. The fourth-order valence-corrected chi connectivity index (χ4v) is 7.25. The Hall–Kier alpha value is -2.34. The van der Waals surface area contributed by atoms with Gasteiger partial charge in [-0.2, -0.15) is 0 Å². The summed E-state index contributed by atoms with van der Waals surface area (Å²) in [4.78, 5) is 13.4. The second-order valence-corrected chi connectivity index (χ2v) is 10.8. The van der Waals surface area contributed by atoms with Crippen molar-refractivity contribution in [3.8, 4) is 0 Å². The number of carbonyl (C=O) groups is 1. The van der Waals surface area contributed by atoms with E-state index < -0.39 is 10.0 Å². The van der Waals surface area contributed by atoms with Crippen molar-refractivity contribution in [3.05, 3.63) is 60.2 Å². The molecule has 4 aliphatic carbocycles. The van der Waals surface area contributed by atoms with Gasteiger partial charge in [-0.1, -0.05) is 30.3 Å². The third-order valence-electron chi connectivity index (χ3n) is 6.89. The topological polar surface area (TPSA) is 75.3 Å². The summed E-state index contributed by atoms with van der Waals surface area (Å²) in [6.45, 7) is 0. The first-order valence-electron chi connectivity index (χ1n) is 10.4. The number of sulfonamides is 1. The van der Waals surface area contributed by atoms with Crippen LogP contribution < -0.4 is 10.0 Å². The number of rotatable bonds is 5. The SMILES string of the molecule is O=C(NC12CC3CC(CC(C3)C1)C2)c1ccccc1NS(=O)(=O)c1ccccc1. The molecule has 29 heavy (non-hydrogen) atoms. The van der Waals surface area contributed by atoms with E-state index in [1.54, 1.807) is 54.6 Å². The lowest BCUT2D eigenvalue weighted by Crippen LogP contribution is -2.59. The van der Waals surface area contributed by atoms with Gasteiger partial charge >= 0.3 is 0 Å². The molecule has 0 heterocycles. The molecular formula is C23H26N2O3S. The van der Waals surface area contributed by atoms with Crippen LogP contribution in [0.5, 0.6) is 0 Å². The van der Waals surface area contributed by atoms with Gasteiger partial charge in [0, 0.05) is 5.54 Å². The van der Waals surface area contributed by atoms with Crippen molar-refractivity contribution in [3.63, 3.8) is 0 Å². The summed E-state index contributed by atoms with van der Waals surface area (Å²) < 4.78 is 28.1. The molecule has 152 valence electrons. The lowest BCUT2D eigenvalue weighted by atomic mass is 9.53. The number of nitrogens with one attached hydrogen (secondary N) is 2. The maximum atomic E-state index is 13.2. The Bertz CT molecular complexity index is 998. The molecule has 6 rings (SSSR count). The van der Waals surface area contributed by atoms with Gasteiger partial charge in [-0.05, 0) is 80.5 Å². The minimum atomic E-state index is -3.75. The lowest BCUT2D eigenvalue weighted by Gasteiger charge is -2.56. The number of amides is 1. The molecular weight excluding hydrogens is 384 g/mol. The van der Waals surface area contributed by atoms with Crippen molar-refractivity contribution in [1.29, 1.82) is 0 Å². The van der Waals surface area contributed by atoms with Crippen molar-refractivity contribution in [2.24, 2.45) is 17.8 Å². The lowest BCUT2D eigenvalue weighted by molar-refractivity contribution is -0.0166. The Morgan fingerprint density at radius 3 is 2.00 bits per heavy atom. The summed E-state index contributed by atoms with van der Waals surface area (Å²) in [5.74, 6) is 2.01. The highest BCUT2D eigenvalue weighted by Crippen LogP contribution is 2.55. The number of anilines is 1. The Kier molecular flexibility index (Phi) is 4.42. The molecule has 0 spiro atoms. The largest absolute Gasteiger partial charge is 0.347 e. The van der Waals surface area contributed by atoms with E-state index in [4.69, 9.17) is 0 Å². The normalized spacial score (nSPS) is 30.1. The monoisotopic (exact) mass is 410 g/mol. The fraction of sp³-hybridized carbons (Fsp3) is 0.435. The molecule has 0 unspecified atom stereocenters. The van der Waals surface area contributed by atoms with E-state index in [0.717, 1.165) is 37.0 Å². The third-order valence-corrected chi connectivity index (χ3v) is 8.27. The van der Waals surface area contributed by atoms with Crippen LogP contribution in [0.4, 0.5) is 5.69 Å². The quantitative estimate of drug-likeness (QED) is 0.776. The molecule has 2 N–H and O–H groups in total. The van der Waals surface area contributed by atoms with Crippen LogP contribution in [0, 0.1) is 17.8 Å². The van der Waals surface area contributed by atoms with Crippen LogP contribution in [0.1, 0.15) is 48.9 Å². The van der Waals surface area contributed by atoms with Crippen LogP contribution >= 0.6 is 0 Å². The van der Waals surface area contributed by atoms with E-state index in [9.17, 15) is 13.2 Å². The summed E-state index contributed by atoms with van der Waals surface area (Å²) in [6.07, 6.45) is 7.10. The van der Waals surface area contributed by atoms with E-state index in [1.807, 2.05) is 0 Å². The zero-order valence-electron chi connectivity index (χ0n) is 16.3. The van der Waals surface area contributed by atoms with E-state index in [0.29, 0.717) is 11.3 Å². The number of carbonyl (C=O) groups excluding carboxylic acids is 1. The molecule has 0 aliphatic heterocycles. The van der Waals surface area contributed by atoms with Gasteiger partial charge in [0.15, 0.2) is 0 Å². The van der Waals surface area contributed by atoms with E-state index >= 15 is 0 Å². The second kappa shape index (κ2) is 6.87. The Morgan fingerprint density at radius 2 is 1.38 bits per heavy atom. The van der Waals surface area contributed by atoms with Gasteiger partial charge < -0.3 is 5.32 Å². The maximum absolute atomic E-state index is 13.2. The Labute approximate surface area is 172 Å². The zero-order chi connectivity index (χ0) is 20.1. The fourth-order valence-electron chi connectivity index (χ4n) is 6.15. The average molecular weight is 411 g/mol. The molecule has 2 aromatic rings. The van der Waals surface area contributed by atoms with Crippen molar-refractivity contribution in [1.82, 2.24) is 5.32 Å². The van der Waals surface area contributed by atoms with Crippen LogP contribution in [-0.2, 0) is 10.0 Å². The Balaban J connectivity index is 1.39. The standard InChI is InChI=1S/C23H26N2O3S/c26-22(24-23-13-16-10-17(14-23)12-18(11-16)15-23)20-8-4-5-9-21(20)25-29(27,28)19-6-2-1-3-7-19/h1-9,16-18,25H,10-15H2,(H,24,26). The zero-order valence-corrected chi connectivity index (χ0v) is 17.1. The number of hydrogen-bond acceptors (Lipinski definition) is 3. The molecule has 4 bridgehead atoms. The molecule has 0 atom stereocenters. The molecule has 2 aromatic carbocycles. The van der Waals surface area contributed by atoms with Crippen molar-refractivity contribution in [2.45, 2.75) is 49.0 Å². The number of benzene rings is 2. The van der Waals surface area contributed by atoms with E-state index in [1.165, 1.54) is 19.3 Å². The number of para-hydroxylation sites is 1. The molecule has 4 saturated carbocycles. The van der Waals surface area contributed by atoms with Crippen molar-refractivity contribution < 1.29 is 13.2 Å². The highest BCUT2D eigenvalue weighted by Gasteiger charge is 2.51. The van der Waals surface area contributed by atoms with Crippen molar-refractivity contribution >= 4 is 21.6 Å². The summed E-state index contributed by atoms with van der Waals surface area (Å²) in [7, 11) is -3.75. The predicted octanol–water partition coefficient (Wildman–Crippen LogP) is 4.19. The summed E-state index contributed by atoms with van der Waals surface area (Å²) in [5, 5.41) is 3.33. The maximum Gasteiger partial charge on any atom is 0.261 e. The van der Waals surface area contributed by atoms with Gasteiger partial charge in [0.2, 0.25) is 0 Å². The molecule has 0 aromatic heterocycles. The average Bonchev–Trinajstić information content (AvgIpc) is 2.67. The minimum Gasteiger partial charge on any atom is -0.347 e.